The Kier molecular flexibility index (Phi) is 5.60. The molecule has 1 aliphatic rings. The van der Waals surface area contributed by atoms with E-state index < -0.39 is 0 Å². The quantitative estimate of drug-likeness (QED) is 0.797. The smallest absolute Gasteiger partial charge is 0.237 e. The summed E-state index contributed by atoms with van der Waals surface area (Å²) in [6, 6.07) is 0.499. The van der Waals surface area contributed by atoms with Crippen molar-refractivity contribution in [3.8, 4) is 0 Å². The van der Waals surface area contributed by atoms with Crippen molar-refractivity contribution >= 4 is 5.91 Å². The molecule has 0 radical (unpaired) electrons. The molecule has 1 aliphatic heterocycles. The SMILES string of the molecule is CCNC1CCCN(C(C)C(=O)NC(C)(C)C)C1. The number of hydrogen-bond donors (Lipinski definition) is 2. The maximum absolute atomic E-state index is 12.1. The largest absolute Gasteiger partial charge is 0.350 e. The second kappa shape index (κ2) is 6.53. The minimum atomic E-state index is -0.151. The van der Waals surface area contributed by atoms with Crippen molar-refractivity contribution in [2.24, 2.45) is 0 Å². The van der Waals surface area contributed by atoms with E-state index >= 15 is 0 Å². The predicted molar refractivity (Wildman–Crippen MR) is 75.6 cm³/mol. The van der Waals surface area contributed by atoms with E-state index in [1.807, 2.05) is 27.7 Å². The fourth-order valence-electron chi connectivity index (χ4n) is 2.45. The van der Waals surface area contributed by atoms with Crippen LogP contribution in [0.25, 0.3) is 0 Å². The van der Waals surface area contributed by atoms with E-state index in [1.54, 1.807) is 0 Å². The molecule has 0 aromatic rings. The van der Waals surface area contributed by atoms with Gasteiger partial charge in [-0.15, -0.1) is 0 Å². The number of nitrogens with zero attached hydrogens (tertiary/aromatic N) is 1. The maximum atomic E-state index is 12.1. The lowest BCUT2D eigenvalue weighted by molar-refractivity contribution is -0.127. The predicted octanol–water partition coefficient (Wildman–Crippen LogP) is 1.36. The number of amides is 1. The zero-order valence-corrected chi connectivity index (χ0v) is 12.5. The second-order valence-electron chi connectivity index (χ2n) is 6.31. The van der Waals surface area contributed by atoms with Gasteiger partial charge in [-0.2, -0.15) is 0 Å². The molecule has 0 aromatic heterocycles. The molecule has 1 fully saturated rings. The van der Waals surface area contributed by atoms with Crippen molar-refractivity contribution in [2.45, 2.75) is 65.1 Å². The van der Waals surface area contributed by atoms with Crippen molar-refractivity contribution in [3.05, 3.63) is 0 Å². The molecule has 4 heteroatoms. The van der Waals surface area contributed by atoms with Gasteiger partial charge < -0.3 is 10.6 Å². The summed E-state index contributed by atoms with van der Waals surface area (Å²) in [6.07, 6.45) is 2.39. The number of rotatable bonds is 4. The highest BCUT2D eigenvalue weighted by Gasteiger charge is 2.28. The summed E-state index contributed by atoms with van der Waals surface area (Å²) in [5.74, 6) is 0.139. The Morgan fingerprint density at radius 1 is 1.44 bits per heavy atom. The maximum Gasteiger partial charge on any atom is 0.237 e. The van der Waals surface area contributed by atoms with Crippen LogP contribution in [-0.2, 0) is 4.79 Å². The summed E-state index contributed by atoms with van der Waals surface area (Å²) in [7, 11) is 0. The van der Waals surface area contributed by atoms with Gasteiger partial charge in [0.2, 0.25) is 5.91 Å². The molecule has 0 aromatic carbocycles. The fourth-order valence-corrected chi connectivity index (χ4v) is 2.45. The highest BCUT2D eigenvalue weighted by atomic mass is 16.2. The Balaban J connectivity index is 2.50. The van der Waals surface area contributed by atoms with E-state index in [0.717, 1.165) is 19.6 Å². The number of carbonyl (C=O) groups is 1. The molecule has 2 unspecified atom stereocenters. The zero-order chi connectivity index (χ0) is 13.8. The van der Waals surface area contributed by atoms with E-state index in [1.165, 1.54) is 12.8 Å². The van der Waals surface area contributed by atoms with Gasteiger partial charge in [0.1, 0.15) is 0 Å². The van der Waals surface area contributed by atoms with Gasteiger partial charge >= 0.3 is 0 Å². The van der Waals surface area contributed by atoms with E-state index in [9.17, 15) is 4.79 Å². The number of carbonyl (C=O) groups excluding carboxylic acids is 1. The Labute approximate surface area is 111 Å². The van der Waals surface area contributed by atoms with Gasteiger partial charge in [0.15, 0.2) is 0 Å². The molecule has 2 atom stereocenters. The zero-order valence-electron chi connectivity index (χ0n) is 12.5. The van der Waals surface area contributed by atoms with E-state index in [-0.39, 0.29) is 17.5 Å². The summed E-state index contributed by atoms with van der Waals surface area (Å²) in [4.78, 5) is 14.4. The number of hydrogen-bond acceptors (Lipinski definition) is 3. The molecule has 1 amide bonds. The third-order valence-electron chi connectivity index (χ3n) is 3.37. The van der Waals surface area contributed by atoms with Crippen LogP contribution < -0.4 is 10.6 Å². The normalized spacial score (nSPS) is 23.7. The number of piperidine rings is 1. The minimum absolute atomic E-state index is 0.0364. The summed E-state index contributed by atoms with van der Waals surface area (Å²) in [6.45, 7) is 13.2. The second-order valence-corrected chi connectivity index (χ2v) is 6.31. The van der Waals surface area contributed by atoms with Crippen molar-refractivity contribution < 1.29 is 4.79 Å². The Morgan fingerprint density at radius 3 is 2.67 bits per heavy atom. The number of likely N-dealkylation sites (N-methyl/N-ethyl adjacent to an activating group) is 1. The standard InChI is InChI=1S/C14H29N3O/c1-6-15-12-8-7-9-17(10-12)11(2)13(18)16-14(3,4)5/h11-12,15H,6-10H2,1-5H3,(H,16,18). The van der Waals surface area contributed by atoms with Crippen molar-refractivity contribution in [3.63, 3.8) is 0 Å². The molecule has 0 spiro atoms. The summed E-state index contributed by atoms with van der Waals surface area (Å²) < 4.78 is 0. The van der Waals surface area contributed by atoms with Gasteiger partial charge in [0, 0.05) is 18.1 Å². The monoisotopic (exact) mass is 255 g/mol. The molecule has 2 N–H and O–H groups in total. The Morgan fingerprint density at radius 2 is 2.11 bits per heavy atom. The summed E-state index contributed by atoms with van der Waals surface area (Å²) in [5, 5.41) is 6.55. The minimum Gasteiger partial charge on any atom is -0.350 e. The van der Waals surface area contributed by atoms with Gasteiger partial charge in [0.05, 0.1) is 6.04 Å². The lowest BCUT2D eigenvalue weighted by Gasteiger charge is -2.37. The molecular formula is C14H29N3O. The third-order valence-corrected chi connectivity index (χ3v) is 3.37. The molecule has 1 rings (SSSR count). The van der Waals surface area contributed by atoms with Crippen LogP contribution in [0.3, 0.4) is 0 Å². The van der Waals surface area contributed by atoms with Crippen LogP contribution in [0.2, 0.25) is 0 Å². The van der Waals surface area contributed by atoms with Crippen molar-refractivity contribution in [2.75, 3.05) is 19.6 Å². The van der Waals surface area contributed by atoms with Crippen LogP contribution in [0.1, 0.15) is 47.5 Å². The molecular weight excluding hydrogens is 226 g/mol. The van der Waals surface area contributed by atoms with Crippen LogP contribution in [0, 0.1) is 0 Å². The molecule has 18 heavy (non-hydrogen) atoms. The van der Waals surface area contributed by atoms with Gasteiger partial charge in [0.25, 0.3) is 0 Å². The van der Waals surface area contributed by atoms with E-state index in [2.05, 4.69) is 22.5 Å². The van der Waals surface area contributed by atoms with Crippen LogP contribution >= 0.6 is 0 Å². The molecule has 106 valence electrons. The van der Waals surface area contributed by atoms with Gasteiger partial charge in [-0.1, -0.05) is 6.92 Å². The van der Waals surface area contributed by atoms with Crippen molar-refractivity contribution in [1.82, 2.24) is 15.5 Å². The van der Waals surface area contributed by atoms with Crippen LogP contribution in [0.15, 0.2) is 0 Å². The fraction of sp³-hybridized carbons (Fsp3) is 0.929. The number of nitrogens with one attached hydrogen (secondary N) is 2. The Bertz CT molecular complexity index is 271. The van der Waals surface area contributed by atoms with Crippen molar-refractivity contribution in [1.29, 1.82) is 0 Å². The third kappa shape index (κ3) is 4.94. The molecule has 0 aliphatic carbocycles. The number of likely N-dealkylation sites (tertiary alicyclic amines) is 1. The van der Waals surface area contributed by atoms with Gasteiger partial charge in [-0.3, -0.25) is 9.69 Å². The van der Waals surface area contributed by atoms with Crippen LogP contribution in [-0.4, -0.2) is 48.1 Å². The Hall–Kier alpha value is -0.610. The first-order chi connectivity index (χ1) is 8.33. The average Bonchev–Trinajstić information content (AvgIpc) is 2.26. The van der Waals surface area contributed by atoms with E-state index in [0.29, 0.717) is 6.04 Å². The molecule has 1 heterocycles. The lowest BCUT2D eigenvalue weighted by Crippen LogP contribution is -2.55. The first-order valence-electron chi connectivity index (χ1n) is 7.13. The van der Waals surface area contributed by atoms with Gasteiger partial charge in [-0.05, 0) is 53.6 Å². The first kappa shape index (κ1) is 15.4. The van der Waals surface area contributed by atoms with Gasteiger partial charge in [-0.25, -0.2) is 0 Å². The van der Waals surface area contributed by atoms with Crippen LogP contribution in [0.4, 0.5) is 0 Å². The molecule has 0 saturated carbocycles. The highest BCUT2D eigenvalue weighted by Crippen LogP contribution is 2.14. The van der Waals surface area contributed by atoms with E-state index in [4.69, 9.17) is 0 Å². The average molecular weight is 255 g/mol. The first-order valence-corrected chi connectivity index (χ1v) is 7.13. The lowest BCUT2D eigenvalue weighted by atomic mass is 10.0. The molecule has 0 bridgehead atoms. The molecule has 1 saturated heterocycles. The van der Waals surface area contributed by atoms with Crippen LogP contribution in [0.5, 0.6) is 0 Å². The molecule has 4 nitrogen and oxygen atoms in total. The highest BCUT2D eigenvalue weighted by molar-refractivity contribution is 5.81. The topological polar surface area (TPSA) is 44.4 Å². The summed E-state index contributed by atoms with van der Waals surface area (Å²) >= 11 is 0. The summed E-state index contributed by atoms with van der Waals surface area (Å²) in [5.41, 5.74) is -0.151.